The Bertz CT molecular complexity index is 600. The van der Waals surface area contributed by atoms with Crippen LogP contribution in [0.15, 0.2) is 6.20 Å². The maximum Gasteiger partial charge on any atom is 0.135 e. The Morgan fingerprint density at radius 3 is 2.56 bits per heavy atom. The van der Waals surface area contributed by atoms with Crippen LogP contribution in [0.25, 0.3) is 0 Å². The molecule has 1 atom stereocenters. The van der Waals surface area contributed by atoms with Gasteiger partial charge in [-0.25, -0.2) is 9.97 Å². The third-order valence-electron chi connectivity index (χ3n) is 6.33. The van der Waals surface area contributed by atoms with E-state index in [4.69, 9.17) is 4.98 Å². The van der Waals surface area contributed by atoms with Crippen LogP contribution in [0.2, 0.25) is 0 Å². The molecule has 0 bridgehead atoms. The molecule has 2 fully saturated rings. The summed E-state index contributed by atoms with van der Waals surface area (Å²) < 4.78 is 0. The molecule has 0 aliphatic carbocycles. The number of aryl methyl sites for hydroxylation is 2. The molecule has 1 aromatic heterocycles. The Labute approximate surface area is 164 Å². The van der Waals surface area contributed by atoms with Gasteiger partial charge in [0, 0.05) is 56.1 Å². The summed E-state index contributed by atoms with van der Waals surface area (Å²) in [6.45, 7) is 14.4. The van der Waals surface area contributed by atoms with Crippen LogP contribution in [0.3, 0.4) is 0 Å². The van der Waals surface area contributed by atoms with E-state index in [9.17, 15) is 5.11 Å². The average Bonchev–Trinajstić information content (AvgIpc) is 2.68. The Kier molecular flexibility index (Phi) is 7.06. The number of aliphatic hydroxyl groups excluding tert-OH is 1. The van der Waals surface area contributed by atoms with Crippen molar-refractivity contribution in [2.24, 2.45) is 0 Å². The minimum Gasteiger partial charge on any atom is -0.396 e. The van der Waals surface area contributed by atoms with Crippen molar-refractivity contribution in [2.75, 3.05) is 44.2 Å². The Balaban J connectivity index is 1.70. The van der Waals surface area contributed by atoms with Gasteiger partial charge in [0.05, 0.1) is 0 Å². The fourth-order valence-corrected chi connectivity index (χ4v) is 4.69. The number of piperazine rings is 1. The van der Waals surface area contributed by atoms with E-state index in [2.05, 4.69) is 40.5 Å². The molecule has 0 spiro atoms. The molecule has 0 radical (unpaired) electrons. The van der Waals surface area contributed by atoms with Crippen LogP contribution < -0.4 is 4.90 Å². The van der Waals surface area contributed by atoms with Crippen LogP contribution >= 0.6 is 0 Å². The van der Waals surface area contributed by atoms with Crippen LogP contribution in [-0.4, -0.2) is 82.3 Å². The van der Waals surface area contributed by atoms with E-state index in [1.807, 2.05) is 13.1 Å². The highest BCUT2D eigenvalue weighted by atomic mass is 16.3. The van der Waals surface area contributed by atoms with E-state index in [0.717, 1.165) is 44.1 Å². The van der Waals surface area contributed by atoms with Crippen molar-refractivity contribution < 1.29 is 5.11 Å². The number of aliphatic hydroxyl groups is 1. The Morgan fingerprint density at radius 1 is 1.19 bits per heavy atom. The van der Waals surface area contributed by atoms with Gasteiger partial charge in [-0.15, -0.1) is 0 Å². The summed E-state index contributed by atoms with van der Waals surface area (Å²) in [4.78, 5) is 16.8. The average molecular weight is 376 g/mol. The van der Waals surface area contributed by atoms with Crippen LogP contribution in [0.1, 0.15) is 51.4 Å². The second-order valence-electron chi connectivity index (χ2n) is 8.33. The molecule has 27 heavy (non-hydrogen) atoms. The zero-order valence-electron chi connectivity index (χ0n) is 17.6. The lowest BCUT2D eigenvalue weighted by molar-refractivity contribution is 0.0462. The number of hydrogen-bond acceptors (Lipinski definition) is 6. The van der Waals surface area contributed by atoms with Crippen molar-refractivity contribution in [3.8, 4) is 0 Å². The van der Waals surface area contributed by atoms with Crippen LogP contribution in [0, 0.1) is 6.92 Å². The molecule has 3 rings (SSSR count). The van der Waals surface area contributed by atoms with Crippen molar-refractivity contribution >= 4 is 5.82 Å². The SMILES string of the molecule is CCc1cnc(C)nc1N1CCN(C2CCN(C(C)C)CC2)C(CCO)C1. The zero-order chi connectivity index (χ0) is 19.4. The summed E-state index contributed by atoms with van der Waals surface area (Å²) in [7, 11) is 0. The van der Waals surface area contributed by atoms with Crippen molar-refractivity contribution in [3.63, 3.8) is 0 Å². The summed E-state index contributed by atoms with van der Waals surface area (Å²) in [5.74, 6) is 1.94. The number of aromatic nitrogens is 2. The molecule has 0 aromatic carbocycles. The topological polar surface area (TPSA) is 55.7 Å². The molecule has 3 heterocycles. The van der Waals surface area contributed by atoms with Gasteiger partial charge in [-0.05, 0) is 59.5 Å². The second kappa shape index (κ2) is 9.30. The van der Waals surface area contributed by atoms with Gasteiger partial charge in [0.15, 0.2) is 0 Å². The normalized spacial score (nSPS) is 23.3. The first-order valence-electron chi connectivity index (χ1n) is 10.7. The van der Waals surface area contributed by atoms with Gasteiger partial charge in [0.2, 0.25) is 0 Å². The Morgan fingerprint density at radius 2 is 1.93 bits per heavy atom. The molecule has 1 aromatic rings. The molecular weight excluding hydrogens is 338 g/mol. The highest BCUT2D eigenvalue weighted by molar-refractivity contribution is 5.47. The van der Waals surface area contributed by atoms with Crippen molar-refractivity contribution in [1.82, 2.24) is 19.8 Å². The van der Waals surface area contributed by atoms with Gasteiger partial charge in [0.25, 0.3) is 0 Å². The first kappa shape index (κ1) is 20.5. The largest absolute Gasteiger partial charge is 0.396 e. The number of nitrogens with zero attached hydrogens (tertiary/aromatic N) is 5. The molecule has 2 saturated heterocycles. The quantitative estimate of drug-likeness (QED) is 0.822. The maximum absolute atomic E-state index is 9.67. The van der Waals surface area contributed by atoms with Gasteiger partial charge >= 0.3 is 0 Å². The first-order chi connectivity index (χ1) is 13.0. The van der Waals surface area contributed by atoms with Gasteiger partial charge < -0.3 is 14.9 Å². The zero-order valence-corrected chi connectivity index (χ0v) is 17.6. The van der Waals surface area contributed by atoms with E-state index in [1.165, 1.54) is 31.5 Å². The predicted octanol–water partition coefficient (Wildman–Crippen LogP) is 2.09. The number of piperidine rings is 1. The molecule has 152 valence electrons. The maximum atomic E-state index is 9.67. The molecule has 6 nitrogen and oxygen atoms in total. The van der Waals surface area contributed by atoms with E-state index in [-0.39, 0.29) is 6.61 Å². The van der Waals surface area contributed by atoms with Crippen molar-refractivity contribution in [1.29, 1.82) is 0 Å². The van der Waals surface area contributed by atoms with Crippen molar-refractivity contribution in [3.05, 3.63) is 17.6 Å². The van der Waals surface area contributed by atoms with E-state index < -0.39 is 0 Å². The first-order valence-corrected chi connectivity index (χ1v) is 10.7. The van der Waals surface area contributed by atoms with E-state index >= 15 is 0 Å². The molecular formula is C21H37N5O. The van der Waals surface area contributed by atoms with Crippen molar-refractivity contribution in [2.45, 2.75) is 71.5 Å². The molecule has 2 aliphatic heterocycles. The van der Waals surface area contributed by atoms with Crippen LogP contribution in [0.4, 0.5) is 5.82 Å². The molecule has 2 aliphatic rings. The summed E-state index contributed by atoms with van der Waals surface area (Å²) in [6.07, 6.45) is 6.26. The summed E-state index contributed by atoms with van der Waals surface area (Å²) in [5.41, 5.74) is 1.22. The van der Waals surface area contributed by atoms with Gasteiger partial charge in [0.1, 0.15) is 11.6 Å². The third-order valence-corrected chi connectivity index (χ3v) is 6.33. The summed E-state index contributed by atoms with van der Waals surface area (Å²) in [5, 5.41) is 9.67. The molecule has 1 N–H and O–H groups in total. The van der Waals surface area contributed by atoms with Crippen LogP contribution in [0.5, 0.6) is 0 Å². The van der Waals surface area contributed by atoms with Gasteiger partial charge in [-0.3, -0.25) is 4.90 Å². The van der Waals surface area contributed by atoms with E-state index in [0.29, 0.717) is 18.1 Å². The smallest absolute Gasteiger partial charge is 0.135 e. The second-order valence-corrected chi connectivity index (χ2v) is 8.33. The fourth-order valence-electron chi connectivity index (χ4n) is 4.69. The molecule has 0 amide bonds. The lowest BCUT2D eigenvalue weighted by Gasteiger charge is -2.48. The highest BCUT2D eigenvalue weighted by Gasteiger charge is 2.34. The fraction of sp³-hybridized carbons (Fsp3) is 0.810. The minimum absolute atomic E-state index is 0.253. The lowest BCUT2D eigenvalue weighted by Crippen LogP contribution is -2.59. The molecule has 6 heteroatoms. The Hall–Kier alpha value is -1.24. The number of hydrogen-bond donors (Lipinski definition) is 1. The lowest BCUT2D eigenvalue weighted by atomic mass is 9.97. The number of rotatable bonds is 6. The van der Waals surface area contributed by atoms with Crippen LogP contribution in [-0.2, 0) is 6.42 Å². The number of anilines is 1. The molecule has 0 saturated carbocycles. The summed E-state index contributed by atoms with van der Waals surface area (Å²) >= 11 is 0. The highest BCUT2D eigenvalue weighted by Crippen LogP contribution is 2.27. The minimum atomic E-state index is 0.253. The standard InChI is InChI=1S/C21H37N5O/c1-5-18-14-22-17(4)23-21(18)25-11-12-26(20(15-25)8-13-27)19-6-9-24(10-7-19)16(2)3/h14,16,19-20,27H,5-13,15H2,1-4H3. The third kappa shape index (κ3) is 4.79. The van der Waals surface area contributed by atoms with Gasteiger partial charge in [-0.1, -0.05) is 6.92 Å². The molecule has 1 unspecified atom stereocenters. The van der Waals surface area contributed by atoms with Gasteiger partial charge in [-0.2, -0.15) is 0 Å². The van der Waals surface area contributed by atoms with E-state index in [1.54, 1.807) is 0 Å². The monoisotopic (exact) mass is 375 g/mol. The predicted molar refractivity (Wildman–Crippen MR) is 110 cm³/mol. The summed E-state index contributed by atoms with van der Waals surface area (Å²) in [6, 6.07) is 1.69. The number of likely N-dealkylation sites (tertiary alicyclic amines) is 1.